The number of nitrogens with zero attached hydrogens (tertiary/aromatic N) is 9. The maximum atomic E-state index is 14.0. The molecule has 10 rings (SSSR count). The Morgan fingerprint density at radius 3 is 1.15 bits per heavy atom. The van der Waals surface area contributed by atoms with Gasteiger partial charge in [-0.1, -0.05) is 72.8 Å². The molecule has 0 aliphatic rings. The molecule has 260 valence electrons. The van der Waals surface area contributed by atoms with Gasteiger partial charge in [-0.2, -0.15) is 0 Å². The normalized spacial score (nSPS) is 11.4. The zero-order valence-corrected chi connectivity index (χ0v) is 29.1. The average Bonchev–Trinajstić information content (AvgIpc) is 3.84. The predicted octanol–water partition coefficient (Wildman–Crippen LogP) is 9.81. The number of hydrogen-bond donors (Lipinski definition) is 0. The summed E-state index contributed by atoms with van der Waals surface area (Å²) in [7, 11) is 0. The fraction of sp³-hybridized carbons (Fsp3) is 0. The van der Waals surface area contributed by atoms with Crippen molar-refractivity contribution in [3.05, 3.63) is 176 Å². The standard InChI is InChI=1S/C45H28FN9/c46-34-23-21-31(22-24-34)43-52-41(29-13-17-32(18-14-29)44-49-37-9-1-3-11-39(37)54(44)35-7-5-25-47-27-35)51-42(53-43)30-15-19-33(20-16-30)45-50-38-10-2-4-12-40(38)55(45)36-8-6-26-48-28-36/h1-28H. The van der Waals surface area contributed by atoms with Crippen LogP contribution < -0.4 is 0 Å². The number of imidazole rings is 2. The number of halogens is 1. The molecule has 0 aliphatic carbocycles. The van der Waals surface area contributed by atoms with Crippen LogP contribution in [0.15, 0.2) is 170 Å². The highest BCUT2D eigenvalue weighted by Gasteiger charge is 2.18. The van der Waals surface area contributed by atoms with Crippen molar-refractivity contribution in [1.29, 1.82) is 0 Å². The number of benzene rings is 5. The molecule has 0 atom stereocenters. The molecule has 5 aromatic heterocycles. The summed E-state index contributed by atoms with van der Waals surface area (Å²) >= 11 is 0. The van der Waals surface area contributed by atoms with Crippen molar-refractivity contribution < 1.29 is 4.39 Å². The Labute approximate surface area is 314 Å². The van der Waals surface area contributed by atoms with Gasteiger partial charge in [0, 0.05) is 40.2 Å². The van der Waals surface area contributed by atoms with Crippen LogP contribution in [0.3, 0.4) is 0 Å². The smallest absolute Gasteiger partial charge is 0.164 e. The van der Waals surface area contributed by atoms with Gasteiger partial charge < -0.3 is 0 Å². The lowest BCUT2D eigenvalue weighted by Crippen LogP contribution is -2.01. The highest BCUT2D eigenvalue weighted by Crippen LogP contribution is 2.33. The lowest BCUT2D eigenvalue weighted by Gasteiger charge is -2.11. The SMILES string of the molecule is Fc1ccc(-c2nc(-c3ccc(-c4nc5ccccc5n4-c4cccnc4)cc3)nc(-c3ccc(-c4nc5ccccc5n4-c4cccnc4)cc3)n2)cc1. The lowest BCUT2D eigenvalue weighted by atomic mass is 10.1. The van der Waals surface area contributed by atoms with Crippen LogP contribution in [-0.2, 0) is 0 Å². The van der Waals surface area contributed by atoms with Gasteiger partial charge in [0.2, 0.25) is 0 Å². The number of rotatable bonds is 7. The second-order valence-electron chi connectivity index (χ2n) is 12.9. The molecular weight excluding hydrogens is 686 g/mol. The molecule has 0 spiro atoms. The van der Waals surface area contributed by atoms with Gasteiger partial charge in [-0.15, -0.1) is 0 Å². The molecule has 0 saturated heterocycles. The van der Waals surface area contributed by atoms with Crippen LogP contribution >= 0.6 is 0 Å². The van der Waals surface area contributed by atoms with Gasteiger partial charge in [0.05, 0.1) is 45.8 Å². The van der Waals surface area contributed by atoms with Crippen molar-refractivity contribution in [2.24, 2.45) is 0 Å². The minimum atomic E-state index is -0.334. The molecule has 10 aromatic rings. The Morgan fingerprint density at radius 2 is 0.745 bits per heavy atom. The number of aromatic nitrogens is 9. The van der Waals surface area contributed by atoms with Crippen molar-refractivity contribution in [3.8, 4) is 68.3 Å². The van der Waals surface area contributed by atoms with E-state index in [4.69, 9.17) is 24.9 Å². The Balaban J connectivity index is 1.05. The fourth-order valence-electron chi connectivity index (χ4n) is 6.83. The van der Waals surface area contributed by atoms with E-state index in [1.807, 2.05) is 122 Å². The van der Waals surface area contributed by atoms with Crippen molar-refractivity contribution in [3.63, 3.8) is 0 Å². The molecule has 0 fully saturated rings. The summed E-state index contributed by atoms with van der Waals surface area (Å²) in [5.74, 6) is 2.66. The van der Waals surface area contributed by atoms with Gasteiger partial charge in [0.1, 0.15) is 17.5 Å². The Bertz CT molecular complexity index is 2780. The highest BCUT2D eigenvalue weighted by atomic mass is 19.1. The maximum absolute atomic E-state index is 14.0. The van der Waals surface area contributed by atoms with Gasteiger partial charge in [0.15, 0.2) is 17.5 Å². The van der Waals surface area contributed by atoms with Crippen LogP contribution in [0.1, 0.15) is 0 Å². The third-order valence-electron chi connectivity index (χ3n) is 9.47. The van der Waals surface area contributed by atoms with E-state index >= 15 is 0 Å². The monoisotopic (exact) mass is 713 g/mol. The third-order valence-corrected chi connectivity index (χ3v) is 9.47. The van der Waals surface area contributed by atoms with Crippen LogP contribution in [0.25, 0.3) is 90.4 Å². The molecule has 0 radical (unpaired) electrons. The minimum absolute atomic E-state index is 0.334. The van der Waals surface area contributed by atoms with E-state index in [0.717, 1.165) is 67.3 Å². The van der Waals surface area contributed by atoms with Crippen LogP contribution in [0, 0.1) is 5.82 Å². The summed E-state index contributed by atoms with van der Waals surface area (Å²) in [4.78, 5) is 33.4. The van der Waals surface area contributed by atoms with E-state index in [1.54, 1.807) is 24.5 Å². The average molecular weight is 714 g/mol. The number of para-hydroxylation sites is 4. The van der Waals surface area contributed by atoms with E-state index < -0.39 is 0 Å². The van der Waals surface area contributed by atoms with Crippen LogP contribution in [0.4, 0.5) is 4.39 Å². The van der Waals surface area contributed by atoms with Gasteiger partial charge in [-0.25, -0.2) is 29.3 Å². The summed E-state index contributed by atoms with van der Waals surface area (Å²) in [5.41, 5.74) is 9.69. The first-order valence-corrected chi connectivity index (χ1v) is 17.7. The molecule has 0 saturated carbocycles. The van der Waals surface area contributed by atoms with Crippen molar-refractivity contribution in [2.45, 2.75) is 0 Å². The van der Waals surface area contributed by atoms with Gasteiger partial charge in [0.25, 0.3) is 0 Å². The number of pyridine rings is 2. The molecule has 0 bridgehead atoms. The Morgan fingerprint density at radius 1 is 0.364 bits per heavy atom. The van der Waals surface area contributed by atoms with E-state index in [2.05, 4.69) is 31.2 Å². The molecular formula is C45H28FN9. The molecule has 5 heterocycles. The summed E-state index contributed by atoms with van der Waals surface area (Å²) < 4.78 is 18.2. The molecule has 9 nitrogen and oxygen atoms in total. The topological polar surface area (TPSA) is 100 Å². The van der Waals surface area contributed by atoms with E-state index in [-0.39, 0.29) is 5.82 Å². The zero-order chi connectivity index (χ0) is 36.7. The summed E-state index contributed by atoms with van der Waals surface area (Å²) in [6.45, 7) is 0. The largest absolute Gasteiger partial charge is 0.291 e. The first-order valence-electron chi connectivity index (χ1n) is 17.7. The third kappa shape index (κ3) is 5.87. The first-order chi connectivity index (χ1) is 27.2. The van der Waals surface area contributed by atoms with Gasteiger partial charge in [-0.05, 0) is 72.8 Å². The number of fused-ring (bicyclic) bond motifs is 2. The molecule has 0 aliphatic heterocycles. The molecule has 5 aromatic carbocycles. The minimum Gasteiger partial charge on any atom is -0.291 e. The number of hydrogen-bond acceptors (Lipinski definition) is 7. The molecule has 55 heavy (non-hydrogen) atoms. The van der Waals surface area contributed by atoms with E-state index in [9.17, 15) is 4.39 Å². The van der Waals surface area contributed by atoms with Crippen molar-refractivity contribution >= 4 is 22.1 Å². The van der Waals surface area contributed by atoms with Crippen LogP contribution in [-0.4, -0.2) is 44.0 Å². The molecule has 10 heteroatoms. The summed E-state index contributed by atoms with van der Waals surface area (Å²) in [6, 6.07) is 46.2. The Kier molecular flexibility index (Phi) is 7.77. The van der Waals surface area contributed by atoms with Gasteiger partial charge in [-0.3, -0.25) is 19.1 Å². The zero-order valence-electron chi connectivity index (χ0n) is 29.1. The van der Waals surface area contributed by atoms with Crippen LogP contribution in [0.5, 0.6) is 0 Å². The maximum Gasteiger partial charge on any atom is 0.164 e. The van der Waals surface area contributed by atoms with Gasteiger partial charge >= 0.3 is 0 Å². The molecule has 0 N–H and O–H groups in total. The second-order valence-corrected chi connectivity index (χ2v) is 12.9. The quantitative estimate of drug-likeness (QED) is 0.162. The summed E-state index contributed by atoms with van der Waals surface area (Å²) in [6.07, 6.45) is 7.18. The van der Waals surface area contributed by atoms with E-state index in [1.165, 1.54) is 12.1 Å². The molecule has 0 amide bonds. The van der Waals surface area contributed by atoms with E-state index in [0.29, 0.717) is 23.0 Å². The lowest BCUT2D eigenvalue weighted by molar-refractivity contribution is 0.628. The van der Waals surface area contributed by atoms with Crippen LogP contribution in [0.2, 0.25) is 0 Å². The molecule has 0 unspecified atom stereocenters. The second kappa shape index (κ2) is 13.4. The van der Waals surface area contributed by atoms with Crippen molar-refractivity contribution in [2.75, 3.05) is 0 Å². The first kappa shape index (κ1) is 32.0. The Hall–Kier alpha value is -7.72. The summed E-state index contributed by atoms with van der Waals surface area (Å²) in [5, 5.41) is 0. The van der Waals surface area contributed by atoms with Crippen molar-refractivity contribution in [1.82, 2.24) is 44.0 Å². The predicted molar refractivity (Wildman–Crippen MR) is 212 cm³/mol. The highest BCUT2D eigenvalue weighted by molar-refractivity contribution is 5.85. The fourth-order valence-corrected chi connectivity index (χ4v) is 6.83.